The van der Waals surface area contributed by atoms with Gasteiger partial charge in [-0.05, 0) is 5.56 Å². The molecule has 1 aromatic rings. The van der Waals surface area contributed by atoms with E-state index in [0.717, 1.165) is 5.56 Å². The Bertz CT molecular complexity index is 382. The largest absolute Gasteiger partial charge is 0.383 e. The maximum absolute atomic E-state index is 11.5. The fourth-order valence-electron chi connectivity index (χ4n) is 1.08. The number of carbonyl (C=O) groups is 1. The summed E-state index contributed by atoms with van der Waals surface area (Å²) < 4.78 is 25.0. The van der Waals surface area contributed by atoms with Crippen LogP contribution in [-0.2, 0) is 16.1 Å². The van der Waals surface area contributed by atoms with Gasteiger partial charge in [-0.3, -0.25) is 4.79 Å². The number of carbonyl (C=O) groups excluding carboxylic acids is 1. The average Bonchev–Trinajstić information content (AvgIpc) is 2.33. The molecule has 0 aliphatic rings. The summed E-state index contributed by atoms with van der Waals surface area (Å²) in [4.78, 5) is 11.5. The van der Waals surface area contributed by atoms with Crippen LogP contribution >= 0.6 is 0 Å². The Morgan fingerprint density at radius 1 is 1.60 bits per heavy atom. The summed E-state index contributed by atoms with van der Waals surface area (Å²) in [6.07, 6.45) is 0. The summed E-state index contributed by atoms with van der Waals surface area (Å²) in [5, 5.41) is 2.61. The highest BCUT2D eigenvalue weighted by molar-refractivity contribution is 5.81. The quantitative estimate of drug-likeness (QED) is 0.735. The third-order valence-corrected chi connectivity index (χ3v) is 1.91. The van der Waals surface area contributed by atoms with Crippen LogP contribution in [0, 0.1) is 0 Å². The molecule has 15 heavy (non-hydrogen) atoms. The smallest absolute Gasteiger partial charge is 0.239 e. The zero-order valence-electron chi connectivity index (χ0n) is 11.3. The average molecular weight is 211 g/mol. The van der Waals surface area contributed by atoms with Crippen molar-refractivity contribution < 1.29 is 13.6 Å². The molecule has 0 aromatic heterocycles. The third kappa shape index (κ3) is 4.10. The van der Waals surface area contributed by atoms with E-state index in [0.29, 0.717) is 6.54 Å². The van der Waals surface area contributed by atoms with E-state index in [2.05, 4.69) is 10.1 Å². The van der Waals surface area contributed by atoms with Gasteiger partial charge in [0.1, 0.15) is 6.04 Å². The first kappa shape index (κ1) is 7.84. The number of benzene rings is 1. The SMILES string of the molecule is [2H]C([2H])([2H])OC[C@@H](N)C(=O)NCc1ccccc1. The molecule has 1 atom stereocenters. The minimum Gasteiger partial charge on any atom is -0.383 e. The molecule has 1 amide bonds. The van der Waals surface area contributed by atoms with E-state index in [1.54, 1.807) is 0 Å². The van der Waals surface area contributed by atoms with Gasteiger partial charge in [0.15, 0.2) is 0 Å². The number of rotatable bonds is 5. The van der Waals surface area contributed by atoms with Gasteiger partial charge in [0.25, 0.3) is 0 Å². The van der Waals surface area contributed by atoms with Crippen molar-refractivity contribution in [2.75, 3.05) is 13.6 Å². The Balaban J connectivity index is 2.32. The van der Waals surface area contributed by atoms with Crippen LogP contribution in [0.3, 0.4) is 0 Å². The van der Waals surface area contributed by atoms with Gasteiger partial charge in [0.05, 0.1) is 10.7 Å². The van der Waals surface area contributed by atoms with Crippen molar-refractivity contribution in [3.63, 3.8) is 0 Å². The predicted octanol–water partition coefficient (Wildman–Crippen LogP) is 0.276. The molecule has 4 heteroatoms. The first-order valence-electron chi connectivity index (χ1n) is 6.09. The van der Waals surface area contributed by atoms with Crippen LogP contribution in [0.5, 0.6) is 0 Å². The van der Waals surface area contributed by atoms with E-state index in [1.165, 1.54) is 0 Å². The van der Waals surface area contributed by atoms with Gasteiger partial charge in [-0.2, -0.15) is 0 Å². The maximum atomic E-state index is 11.5. The van der Waals surface area contributed by atoms with E-state index in [9.17, 15) is 4.79 Å². The van der Waals surface area contributed by atoms with Gasteiger partial charge in [-0.25, -0.2) is 0 Å². The highest BCUT2D eigenvalue weighted by Crippen LogP contribution is 1.97. The molecule has 0 bridgehead atoms. The Morgan fingerprint density at radius 3 is 3.00 bits per heavy atom. The van der Waals surface area contributed by atoms with E-state index in [1.807, 2.05) is 30.3 Å². The van der Waals surface area contributed by atoms with Gasteiger partial charge < -0.3 is 15.8 Å². The Kier molecular flexibility index (Phi) is 3.22. The zero-order valence-corrected chi connectivity index (χ0v) is 8.27. The summed E-state index contributed by atoms with van der Waals surface area (Å²) in [5.41, 5.74) is 6.44. The zero-order chi connectivity index (χ0) is 13.6. The van der Waals surface area contributed by atoms with E-state index in [4.69, 9.17) is 9.85 Å². The predicted molar refractivity (Wildman–Crippen MR) is 58.1 cm³/mol. The van der Waals surface area contributed by atoms with Crippen LogP contribution in [0.2, 0.25) is 0 Å². The first-order valence-corrected chi connectivity index (χ1v) is 4.59. The van der Waals surface area contributed by atoms with Crippen molar-refractivity contribution in [3.05, 3.63) is 35.9 Å². The van der Waals surface area contributed by atoms with Gasteiger partial charge >= 0.3 is 0 Å². The van der Waals surface area contributed by atoms with Crippen LogP contribution < -0.4 is 11.1 Å². The lowest BCUT2D eigenvalue weighted by Crippen LogP contribution is -2.43. The second-order valence-electron chi connectivity index (χ2n) is 3.12. The minimum atomic E-state index is -2.53. The molecule has 4 nitrogen and oxygen atoms in total. The van der Waals surface area contributed by atoms with Gasteiger partial charge in [0.2, 0.25) is 5.91 Å². The standard InChI is InChI=1S/C11H16N2O2/c1-15-8-10(12)11(14)13-7-9-5-3-2-4-6-9/h2-6,10H,7-8,12H2,1H3,(H,13,14)/t10-/m1/s1/i1D3. The lowest BCUT2D eigenvalue weighted by atomic mass is 10.2. The number of nitrogens with two attached hydrogens (primary N) is 1. The first-order chi connectivity index (χ1) is 8.38. The number of amides is 1. The Morgan fingerprint density at radius 2 is 2.33 bits per heavy atom. The highest BCUT2D eigenvalue weighted by Gasteiger charge is 2.11. The fourth-order valence-corrected chi connectivity index (χ4v) is 1.08. The van der Waals surface area contributed by atoms with Gasteiger partial charge in [-0.15, -0.1) is 0 Å². The van der Waals surface area contributed by atoms with Crippen molar-refractivity contribution in [3.8, 4) is 0 Å². The number of hydrogen-bond acceptors (Lipinski definition) is 3. The molecule has 0 fully saturated rings. The number of ether oxygens (including phenoxy) is 1. The molecule has 1 aromatic carbocycles. The maximum Gasteiger partial charge on any atom is 0.239 e. The molecule has 3 N–H and O–H groups in total. The summed E-state index contributed by atoms with van der Waals surface area (Å²) >= 11 is 0. The van der Waals surface area contributed by atoms with Crippen LogP contribution in [0.1, 0.15) is 9.68 Å². The normalized spacial score (nSPS) is 15.9. The van der Waals surface area contributed by atoms with Crippen LogP contribution in [0.25, 0.3) is 0 Å². The second-order valence-corrected chi connectivity index (χ2v) is 3.12. The molecule has 0 spiro atoms. The molecule has 0 unspecified atom stereocenters. The molecule has 0 aliphatic carbocycles. The second kappa shape index (κ2) is 6.16. The number of hydrogen-bond donors (Lipinski definition) is 2. The molecule has 0 saturated heterocycles. The molecule has 1 rings (SSSR count). The van der Waals surface area contributed by atoms with Crippen LogP contribution in [0.15, 0.2) is 30.3 Å². The van der Waals surface area contributed by atoms with Crippen molar-refractivity contribution in [2.45, 2.75) is 12.6 Å². The topological polar surface area (TPSA) is 64.3 Å². The molecule has 0 heterocycles. The molecule has 0 aliphatic heterocycles. The lowest BCUT2D eigenvalue weighted by Gasteiger charge is -2.10. The van der Waals surface area contributed by atoms with Crippen molar-refractivity contribution >= 4 is 5.91 Å². The minimum absolute atomic E-state index is 0.336. The van der Waals surface area contributed by atoms with Crippen molar-refractivity contribution in [1.29, 1.82) is 0 Å². The number of methoxy groups -OCH3 is 1. The number of nitrogens with one attached hydrogen (secondary N) is 1. The molecule has 0 radical (unpaired) electrons. The molecule has 82 valence electrons. The summed E-state index contributed by atoms with van der Waals surface area (Å²) in [5.74, 6) is -0.442. The van der Waals surface area contributed by atoms with Crippen molar-refractivity contribution in [2.24, 2.45) is 5.73 Å². The molecule has 0 saturated carbocycles. The van der Waals surface area contributed by atoms with Crippen LogP contribution in [0.4, 0.5) is 0 Å². The summed E-state index contributed by atoms with van der Waals surface area (Å²) in [7, 11) is -2.53. The Labute approximate surface area is 93.6 Å². The summed E-state index contributed by atoms with van der Waals surface area (Å²) in [6.45, 7) is 0.0122. The Hall–Kier alpha value is -1.39. The lowest BCUT2D eigenvalue weighted by molar-refractivity contribution is -0.123. The highest BCUT2D eigenvalue weighted by atomic mass is 16.5. The van der Waals surface area contributed by atoms with Crippen LogP contribution in [-0.4, -0.2) is 25.6 Å². The summed E-state index contributed by atoms with van der Waals surface area (Å²) in [6, 6.07) is 8.34. The van der Waals surface area contributed by atoms with Gasteiger partial charge in [-0.1, -0.05) is 30.3 Å². The monoisotopic (exact) mass is 211 g/mol. The van der Waals surface area contributed by atoms with E-state index < -0.39 is 19.0 Å². The third-order valence-electron chi connectivity index (χ3n) is 1.91. The van der Waals surface area contributed by atoms with E-state index >= 15 is 0 Å². The van der Waals surface area contributed by atoms with E-state index in [-0.39, 0.29) is 6.61 Å². The van der Waals surface area contributed by atoms with Crippen molar-refractivity contribution in [1.82, 2.24) is 5.32 Å². The fraction of sp³-hybridized carbons (Fsp3) is 0.364. The molecular weight excluding hydrogens is 192 g/mol. The van der Waals surface area contributed by atoms with Gasteiger partial charge in [0, 0.05) is 13.6 Å². The molecular formula is C11H16N2O2.